The molecule has 1 aliphatic rings. The van der Waals surface area contributed by atoms with Gasteiger partial charge >= 0.3 is 0 Å². The monoisotopic (exact) mass is 231 g/mol. The Bertz CT molecular complexity index is 405. The topological polar surface area (TPSA) is 29.5 Å². The molecule has 1 fully saturated rings. The van der Waals surface area contributed by atoms with Crippen LogP contribution in [-0.4, -0.2) is 37.0 Å². The van der Waals surface area contributed by atoms with Crippen LogP contribution in [0.25, 0.3) is 5.57 Å². The predicted octanol–water partition coefficient (Wildman–Crippen LogP) is 1.95. The van der Waals surface area contributed by atoms with Gasteiger partial charge in [-0.05, 0) is 12.5 Å². The lowest BCUT2D eigenvalue weighted by Crippen LogP contribution is -2.32. The van der Waals surface area contributed by atoms with Gasteiger partial charge in [0.25, 0.3) is 0 Å². The smallest absolute Gasteiger partial charge is 0.161 e. The van der Waals surface area contributed by atoms with E-state index < -0.39 is 0 Å². The highest BCUT2D eigenvalue weighted by atomic mass is 16.5. The van der Waals surface area contributed by atoms with Crippen LogP contribution in [0, 0.1) is 0 Å². The number of ketones is 1. The van der Waals surface area contributed by atoms with Crippen molar-refractivity contribution in [3.8, 4) is 0 Å². The fraction of sp³-hybridized carbons (Fsp3) is 0.357. The Labute approximate surface area is 102 Å². The Morgan fingerprint density at radius 2 is 1.88 bits per heavy atom. The molecular weight excluding hydrogens is 214 g/mol. The molecule has 0 aliphatic carbocycles. The molecule has 1 saturated heterocycles. The summed E-state index contributed by atoms with van der Waals surface area (Å²) in [7, 11) is 0. The van der Waals surface area contributed by atoms with Crippen molar-refractivity contribution in [3.05, 3.63) is 42.1 Å². The molecule has 0 atom stereocenters. The number of nitrogens with zero attached hydrogens (tertiary/aromatic N) is 1. The lowest BCUT2D eigenvalue weighted by molar-refractivity contribution is -0.111. The number of Topliss-reactive ketones (excluding diaryl/α,β-unsaturated/α-hetero) is 1. The summed E-state index contributed by atoms with van der Waals surface area (Å²) in [6, 6.07) is 9.79. The molecule has 1 aromatic rings. The van der Waals surface area contributed by atoms with Gasteiger partial charge in [-0.25, -0.2) is 0 Å². The van der Waals surface area contributed by atoms with Crippen molar-refractivity contribution in [3.63, 3.8) is 0 Å². The van der Waals surface area contributed by atoms with E-state index in [2.05, 4.69) is 4.90 Å². The van der Waals surface area contributed by atoms with Crippen molar-refractivity contribution in [2.45, 2.75) is 6.92 Å². The highest BCUT2D eigenvalue weighted by Crippen LogP contribution is 2.16. The number of carbonyl (C=O) groups excluding carboxylic acids is 1. The molecule has 17 heavy (non-hydrogen) atoms. The van der Waals surface area contributed by atoms with Crippen molar-refractivity contribution in [2.24, 2.45) is 0 Å². The first-order valence-electron chi connectivity index (χ1n) is 5.87. The fourth-order valence-electron chi connectivity index (χ4n) is 1.88. The number of carbonyl (C=O) groups is 1. The molecular formula is C14H17NO2. The maximum absolute atomic E-state index is 11.7. The van der Waals surface area contributed by atoms with Crippen LogP contribution in [0.5, 0.6) is 0 Å². The minimum atomic E-state index is 0.0997. The van der Waals surface area contributed by atoms with E-state index in [1.165, 1.54) is 0 Å². The van der Waals surface area contributed by atoms with Crippen LogP contribution in [-0.2, 0) is 9.53 Å². The number of benzene rings is 1. The Kier molecular flexibility index (Phi) is 3.94. The Balaban J connectivity index is 2.22. The summed E-state index contributed by atoms with van der Waals surface area (Å²) in [5.41, 5.74) is 1.75. The molecule has 3 nitrogen and oxygen atoms in total. The van der Waals surface area contributed by atoms with Gasteiger partial charge in [-0.15, -0.1) is 0 Å². The first-order valence-corrected chi connectivity index (χ1v) is 5.87. The lowest BCUT2D eigenvalue weighted by Gasteiger charge is -2.26. The van der Waals surface area contributed by atoms with Crippen LogP contribution in [0.4, 0.5) is 0 Å². The maximum Gasteiger partial charge on any atom is 0.161 e. The third-order valence-electron chi connectivity index (χ3n) is 2.82. The highest BCUT2D eigenvalue weighted by molar-refractivity contribution is 6.19. The summed E-state index contributed by atoms with van der Waals surface area (Å²) in [5, 5.41) is 0. The fourth-order valence-corrected chi connectivity index (χ4v) is 1.88. The Morgan fingerprint density at radius 1 is 1.24 bits per heavy atom. The zero-order valence-electron chi connectivity index (χ0n) is 10.1. The average molecular weight is 231 g/mol. The van der Waals surface area contributed by atoms with Gasteiger partial charge < -0.3 is 9.64 Å². The minimum absolute atomic E-state index is 0.0997. The Morgan fingerprint density at radius 3 is 2.47 bits per heavy atom. The van der Waals surface area contributed by atoms with Gasteiger partial charge in [-0.3, -0.25) is 4.79 Å². The quantitative estimate of drug-likeness (QED) is 0.745. The van der Waals surface area contributed by atoms with E-state index in [-0.39, 0.29) is 5.78 Å². The van der Waals surface area contributed by atoms with Crippen molar-refractivity contribution in [1.82, 2.24) is 4.90 Å². The van der Waals surface area contributed by atoms with E-state index in [4.69, 9.17) is 4.74 Å². The van der Waals surface area contributed by atoms with Crippen LogP contribution < -0.4 is 0 Å². The van der Waals surface area contributed by atoms with Crippen molar-refractivity contribution in [1.29, 1.82) is 0 Å². The molecule has 0 saturated carbocycles. The van der Waals surface area contributed by atoms with Gasteiger partial charge in [-0.2, -0.15) is 0 Å². The van der Waals surface area contributed by atoms with Gasteiger partial charge in [0.15, 0.2) is 5.78 Å². The number of morpholine rings is 1. The lowest BCUT2D eigenvalue weighted by atomic mass is 10.0. The van der Waals surface area contributed by atoms with Gasteiger partial charge in [-0.1, -0.05) is 30.3 Å². The van der Waals surface area contributed by atoms with E-state index in [0.717, 1.165) is 37.4 Å². The first kappa shape index (κ1) is 11.9. The SMILES string of the molecule is CC(=O)/C(=C/N1CCOCC1)c1ccccc1. The van der Waals surface area contributed by atoms with Crippen LogP contribution in [0.15, 0.2) is 36.5 Å². The summed E-state index contributed by atoms with van der Waals surface area (Å²) in [4.78, 5) is 13.8. The minimum Gasteiger partial charge on any atom is -0.378 e. The van der Waals surface area contributed by atoms with E-state index >= 15 is 0 Å². The summed E-state index contributed by atoms with van der Waals surface area (Å²) < 4.78 is 5.29. The number of rotatable bonds is 3. The third-order valence-corrected chi connectivity index (χ3v) is 2.82. The van der Waals surface area contributed by atoms with Crippen LogP contribution in [0.1, 0.15) is 12.5 Å². The first-order chi connectivity index (χ1) is 8.27. The highest BCUT2D eigenvalue weighted by Gasteiger charge is 2.11. The summed E-state index contributed by atoms with van der Waals surface area (Å²) >= 11 is 0. The number of hydrogen-bond acceptors (Lipinski definition) is 3. The molecule has 1 aromatic carbocycles. The zero-order chi connectivity index (χ0) is 12.1. The van der Waals surface area contributed by atoms with Crippen molar-refractivity contribution >= 4 is 11.4 Å². The second-order valence-electron chi connectivity index (χ2n) is 4.11. The molecule has 0 aromatic heterocycles. The van der Waals surface area contributed by atoms with E-state index in [9.17, 15) is 4.79 Å². The molecule has 90 valence electrons. The van der Waals surface area contributed by atoms with E-state index in [1.54, 1.807) is 6.92 Å². The molecule has 1 heterocycles. The standard InChI is InChI=1S/C14H17NO2/c1-12(16)14(13-5-3-2-4-6-13)11-15-7-9-17-10-8-15/h2-6,11H,7-10H2,1H3/b14-11-. The third kappa shape index (κ3) is 3.17. The zero-order valence-corrected chi connectivity index (χ0v) is 10.1. The normalized spacial score (nSPS) is 17.0. The molecule has 0 spiro atoms. The van der Waals surface area contributed by atoms with E-state index in [1.807, 2.05) is 36.5 Å². The van der Waals surface area contributed by atoms with Gasteiger partial charge in [0, 0.05) is 24.9 Å². The van der Waals surface area contributed by atoms with Crippen LogP contribution in [0.3, 0.4) is 0 Å². The molecule has 0 unspecified atom stereocenters. The van der Waals surface area contributed by atoms with Crippen molar-refractivity contribution in [2.75, 3.05) is 26.3 Å². The number of hydrogen-bond donors (Lipinski definition) is 0. The molecule has 3 heteroatoms. The second kappa shape index (κ2) is 5.64. The van der Waals surface area contributed by atoms with E-state index in [0.29, 0.717) is 0 Å². The maximum atomic E-state index is 11.7. The predicted molar refractivity (Wildman–Crippen MR) is 67.5 cm³/mol. The number of allylic oxidation sites excluding steroid dienone is 1. The van der Waals surface area contributed by atoms with Gasteiger partial charge in [0.2, 0.25) is 0 Å². The molecule has 0 radical (unpaired) electrons. The number of ether oxygens (including phenoxy) is 1. The molecule has 0 amide bonds. The van der Waals surface area contributed by atoms with Crippen molar-refractivity contribution < 1.29 is 9.53 Å². The molecule has 2 rings (SSSR count). The molecule has 0 bridgehead atoms. The average Bonchev–Trinajstić information content (AvgIpc) is 2.38. The molecule has 0 N–H and O–H groups in total. The summed E-state index contributed by atoms with van der Waals surface area (Å²) in [5.74, 6) is 0.0997. The van der Waals surface area contributed by atoms with Gasteiger partial charge in [0.1, 0.15) is 0 Å². The second-order valence-corrected chi connectivity index (χ2v) is 4.11. The largest absolute Gasteiger partial charge is 0.378 e. The van der Waals surface area contributed by atoms with Gasteiger partial charge in [0.05, 0.1) is 13.2 Å². The summed E-state index contributed by atoms with van der Waals surface area (Å²) in [6.07, 6.45) is 1.96. The summed E-state index contributed by atoms with van der Waals surface area (Å²) in [6.45, 7) is 4.78. The van der Waals surface area contributed by atoms with Crippen LogP contribution in [0.2, 0.25) is 0 Å². The Hall–Kier alpha value is -1.61. The molecule has 1 aliphatic heterocycles. The van der Waals surface area contributed by atoms with Crippen LogP contribution >= 0.6 is 0 Å².